The Morgan fingerprint density at radius 2 is 1.70 bits per heavy atom. The van der Waals surface area contributed by atoms with Gasteiger partial charge in [-0.1, -0.05) is 85.6 Å². The molecule has 4 rings (SSSR count). The maximum Gasteiger partial charge on any atom is 0.255 e. The van der Waals surface area contributed by atoms with Gasteiger partial charge in [-0.3, -0.25) is 19.2 Å². The van der Waals surface area contributed by atoms with E-state index in [9.17, 15) is 19.2 Å². The van der Waals surface area contributed by atoms with E-state index in [1.807, 2.05) is 43.3 Å². The number of halogens is 1. The van der Waals surface area contributed by atoms with Crippen molar-refractivity contribution in [2.45, 2.75) is 57.7 Å². The van der Waals surface area contributed by atoms with Gasteiger partial charge in [-0.2, -0.15) is 0 Å². The molecule has 1 heterocycles. The van der Waals surface area contributed by atoms with Crippen LogP contribution in [0.25, 0.3) is 0 Å². The summed E-state index contributed by atoms with van der Waals surface area (Å²) in [5.41, 5.74) is 1.88. The normalized spacial score (nSPS) is 18.1. The molecule has 0 fully saturated rings. The van der Waals surface area contributed by atoms with Gasteiger partial charge in [0, 0.05) is 31.0 Å². The molecular weight excluding hydrogens is 580 g/mol. The second kappa shape index (κ2) is 16.5. The molecule has 0 aromatic heterocycles. The van der Waals surface area contributed by atoms with Crippen LogP contribution >= 0.6 is 11.6 Å². The number of benzene rings is 3. The quantitative estimate of drug-likeness (QED) is 0.348. The van der Waals surface area contributed by atoms with Crippen molar-refractivity contribution in [1.29, 1.82) is 0 Å². The van der Waals surface area contributed by atoms with Crippen molar-refractivity contribution in [3.63, 3.8) is 0 Å². The number of carbonyl (C=O) groups is 4. The van der Waals surface area contributed by atoms with E-state index in [4.69, 9.17) is 16.3 Å². The first-order valence-electron chi connectivity index (χ1n) is 15.0. The van der Waals surface area contributed by atoms with E-state index in [1.54, 1.807) is 47.4 Å². The predicted molar refractivity (Wildman–Crippen MR) is 169 cm³/mol. The third-order valence-corrected chi connectivity index (χ3v) is 7.82. The molecule has 0 bridgehead atoms. The summed E-state index contributed by atoms with van der Waals surface area (Å²) in [6, 6.07) is 21.6. The van der Waals surface area contributed by atoms with Gasteiger partial charge in [-0.25, -0.2) is 0 Å². The second-order valence-corrected chi connectivity index (χ2v) is 11.1. The van der Waals surface area contributed by atoms with E-state index in [1.165, 1.54) is 0 Å². The lowest BCUT2D eigenvalue weighted by Crippen LogP contribution is -2.51. The number of hydrogen-bond donors (Lipinski definition) is 3. The molecule has 0 spiro atoms. The number of nitrogens with one attached hydrogen (secondary N) is 3. The zero-order valence-electron chi connectivity index (χ0n) is 24.9. The van der Waals surface area contributed by atoms with E-state index >= 15 is 0 Å². The molecule has 10 heteroatoms. The van der Waals surface area contributed by atoms with E-state index < -0.39 is 23.9 Å². The van der Waals surface area contributed by atoms with Crippen LogP contribution in [0.5, 0.6) is 5.75 Å². The Labute approximate surface area is 263 Å². The van der Waals surface area contributed by atoms with Gasteiger partial charge in [0.25, 0.3) is 5.91 Å². The topological polar surface area (TPSA) is 117 Å². The van der Waals surface area contributed by atoms with Crippen LogP contribution in [0.1, 0.15) is 54.1 Å². The van der Waals surface area contributed by atoms with Gasteiger partial charge in [0.2, 0.25) is 17.7 Å². The average Bonchev–Trinajstić information content (AvgIpc) is 3.03. The molecule has 2 atom stereocenters. The third kappa shape index (κ3) is 9.31. The van der Waals surface area contributed by atoms with Gasteiger partial charge in [-0.05, 0) is 42.2 Å². The maximum atomic E-state index is 13.9. The van der Waals surface area contributed by atoms with Crippen molar-refractivity contribution in [1.82, 2.24) is 20.9 Å². The molecule has 1 aliphatic rings. The zero-order valence-corrected chi connectivity index (χ0v) is 25.6. The monoisotopic (exact) mass is 618 g/mol. The summed E-state index contributed by atoms with van der Waals surface area (Å²) < 4.78 is 6.02. The first-order valence-corrected chi connectivity index (χ1v) is 15.4. The van der Waals surface area contributed by atoms with Crippen LogP contribution in [-0.2, 0) is 27.3 Å². The fourth-order valence-electron chi connectivity index (χ4n) is 4.99. The smallest absolute Gasteiger partial charge is 0.255 e. The minimum Gasteiger partial charge on any atom is -0.491 e. The molecule has 1 aliphatic heterocycles. The zero-order chi connectivity index (χ0) is 31.3. The highest BCUT2D eigenvalue weighted by molar-refractivity contribution is 6.31. The molecule has 0 aliphatic carbocycles. The maximum absolute atomic E-state index is 13.9. The Morgan fingerprint density at radius 1 is 0.977 bits per heavy atom. The molecule has 0 unspecified atom stereocenters. The Balaban J connectivity index is 1.60. The number of unbranched alkanes of at least 4 members (excludes halogenated alkanes) is 1. The standard InChI is InChI=1S/C34H39ClN4O5/c1-2-3-19-39-20-21-44-30-16-10-8-14-26(30)32(41)38-28(33(42)36-23-25-13-7-9-15-27(25)35)17-18-31(40)37-29(34(39)43)22-24-11-5-4-6-12-24/h4-16,28-29H,2-3,17-23H2,1H3,(H,36,42)(H,37,40)(H,38,41)/t28-,29-/m0/s1. The molecule has 0 radical (unpaired) electrons. The average molecular weight is 619 g/mol. The fourth-order valence-corrected chi connectivity index (χ4v) is 5.19. The predicted octanol–water partition coefficient (Wildman–Crippen LogP) is 4.28. The summed E-state index contributed by atoms with van der Waals surface area (Å²) in [7, 11) is 0. The lowest BCUT2D eigenvalue weighted by molar-refractivity contribution is -0.137. The van der Waals surface area contributed by atoms with Gasteiger partial charge >= 0.3 is 0 Å². The summed E-state index contributed by atoms with van der Waals surface area (Å²) in [6.45, 7) is 3.14. The number of amides is 4. The Bertz CT molecular complexity index is 1430. The highest BCUT2D eigenvalue weighted by atomic mass is 35.5. The summed E-state index contributed by atoms with van der Waals surface area (Å²) in [5, 5.41) is 9.03. The van der Waals surface area contributed by atoms with Crippen LogP contribution in [0.3, 0.4) is 0 Å². The first kappa shape index (κ1) is 32.5. The number of carbonyl (C=O) groups excluding carboxylic acids is 4. The molecule has 0 saturated heterocycles. The van der Waals surface area contributed by atoms with Gasteiger partial charge < -0.3 is 25.6 Å². The molecule has 4 amide bonds. The number of hydrogen-bond acceptors (Lipinski definition) is 5. The van der Waals surface area contributed by atoms with Crippen molar-refractivity contribution in [2.24, 2.45) is 0 Å². The van der Waals surface area contributed by atoms with Crippen LogP contribution in [0.15, 0.2) is 78.9 Å². The molecule has 0 saturated carbocycles. The van der Waals surface area contributed by atoms with Crippen LogP contribution in [-0.4, -0.2) is 60.3 Å². The molecule has 9 nitrogen and oxygen atoms in total. The van der Waals surface area contributed by atoms with E-state index in [2.05, 4.69) is 16.0 Å². The molecule has 3 aromatic carbocycles. The summed E-state index contributed by atoms with van der Waals surface area (Å²) in [5.74, 6) is -1.22. The fraction of sp³-hybridized carbons (Fsp3) is 0.353. The summed E-state index contributed by atoms with van der Waals surface area (Å²) >= 11 is 6.26. The number of nitrogens with zero attached hydrogens (tertiary/aromatic N) is 1. The number of fused-ring (bicyclic) bond motifs is 1. The summed E-state index contributed by atoms with van der Waals surface area (Å²) in [6.07, 6.45) is 1.93. The molecule has 44 heavy (non-hydrogen) atoms. The van der Waals surface area contributed by atoms with Gasteiger partial charge in [-0.15, -0.1) is 0 Å². The molecule has 3 N–H and O–H groups in total. The lowest BCUT2D eigenvalue weighted by atomic mass is 10.0. The lowest BCUT2D eigenvalue weighted by Gasteiger charge is -2.28. The van der Waals surface area contributed by atoms with Crippen molar-refractivity contribution < 1.29 is 23.9 Å². The van der Waals surface area contributed by atoms with Crippen LogP contribution in [0, 0.1) is 0 Å². The van der Waals surface area contributed by atoms with E-state index in [0.717, 1.165) is 24.0 Å². The Morgan fingerprint density at radius 3 is 2.48 bits per heavy atom. The second-order valence-electron chi connectivity index (χ2n) is 10.7. The SMILES string of the molecule is CCCCN1CCOc2ccccc2C(=O)N[C@H](C(=O)NCc2ccccc2Cl)CCC(=O)N[C@@H](Cc2ccccc2)C1=O. The first-order chi connectivity index (χ1) is 21.4. The van der Waals surface area contributed by atoms with Crippen LogP contribution in [0.4, 0.5) is 0 Å². The highest BCUT2D eigenvalue weighted by Gasteiger charge is 2.29. The van der Waals surface area contributed by atoms with Crippen molar-refractivity contribution in [3.05, 3.63) is 101 Å². The van der Waals surface area contributed by atoms with Crippen molar-refractivity contribution >= 4 is 35.2 Å². The van der Waals surface area contributed by atoms with Crippen molar-refractivity contribution in [3.8, 4) is 5.75 Å². The van der Waals surface area contributed by atoms with Crippen LogP contribution < -0.4 is 20.7 Å². The largest absolute Gasteiger partial charge is 0.491 e. The van der Waals surface area contributed by atoms with E-state index in [0.29, 0.717) is 23.7 Å². The number of para-hydroxylation sites is 1. The highest BCUT2D eigenvalue weighted by Crippen LogP contribution is 2.20. The van der Waals surface area contributed by atoms with Crippen LogP contribution in [0.2, 0.25) is 5.02 Å². The van der Waals surface area contributed by atoms with Gasteiger partial charge in [0.1, 0.15) is 24.4 Å². The van der Waals surface area contributed by atoms with Gasteiger partial charge in [0.05, 0.1) is 12.1 Å². The minimum atomic E-state index is -1.03. The summed E-state index contributed by atoms with van der Waals surface area (Å²) in [4.78, 5) is 55.6. The Kier molecular flexibility index (Phi) is 12.2. The number of rotatable bonds is 8. The van der Waals surface area contributed by atoms with Gasteiger partial charge in [0.15, 0.2) is 0 Å². The molecule has 3 aromatic rings. The molecule has 232 valence electrons. The Hall–Kier alpha value is -4.37. The molecular formula is C34H39ClN4O5. The third-order valence-electron chi connectivity index (χ3n) is 7.45. The number of ether oxygens (including phenoxy) is 1. The van der Waals surface area contributed by atoms with Crippen molar-refractivity contribution in [2.75, 3.05) is 19.7 Å². The minimum absolute atomic E-state index is 0.0146. The van der Waals surface area contributed by atoms with E-state index in [-0.39, 0.29) is 49.9 Å².